The molecule has 1 aromatic rings. The highest BCUT2D eigenvalue weighted by molar-refractivity contribution is 7.80. The van der Waals surface area contributed by atoms with Crippen LogP contribution >= 0.6 is 12.2 Å². The van der Waals surface area contributed by atoms with E-state index in [9.17, 15) is 26.3 Å². The molecule has 0 saturated carbocycles. The molecule has 21 heavy (non-hydrogen) atoms. The second-order valence-corrected chi connectivity index (χ2v) is 4.71. The number of alkyl halides is 6. The third-order valence-electron chi connectivity index (χ3n) is 2.56. The van der Waals surface area contributed by atoms with Crippen molar-refractivity contribution in [2.24, 2.45) is 5.73 Å². The Kier molecular flexibility index (Phi) is 5.43. The number of nitrogens with two attached hydrogens (primary N) is 1. The predicted octanol–water partition coefficient (Wildman–Crippen LogP) is 4.09. The van der Waals surface area contributed by atoms with Crippen molar-refractivity contribution in [3.8, 4) is 0 Å². The van der Waals surface area contributed by atoms with Crippen LogP contribution in [0.25, 0.3) is 0 Å². The monoisotopic (exact) mass is 330 g/mol. The Hall–Kier alpha value is -1.51. The summed E-state index contributed by atoms with van der Waals surface area (Å²) in [4.78, 5) is -0.429. The summed E-state index contributed by atoms with van der Waals surface area (Å²) in [7, 11) is 0. The normalized spacial score (nSPS) is 12.3. The van der Waals surface area contributed by atoms with E-state index in [-0.39, 0.29) is 24.2 Å². The number of hydrogen-bond donors (Lipinski definition) is 2. The molecule has 0 spiro atoms. The van der Waals surface area contributed by atoms with Crippen LogP contribution in [0.5, 0.6) is 0 Å². The fraction of sp³-hybridized carbons (Fsp3) is 0.417. The molecule has 0 amide bonds. The lowest BCUT2D eigenvalue weighted by molar-refractivity contribution is -0.138. The first-order chi connectivity index (χ1) is 9.50. The molecule has 0 aliphatic carbocycles. The second kappa shape index (κ2) is 6.50. The number of benzene rings is 1. The molecule has 9 heteroatoms. The molecule has 0 aliphatic heterocycles. The van der Waals surface area contributed by atoms with Gasteiger partial charge in [-0.05, 0) is 24.6 Å². The Balaban J connectivity index is 2.78. The topological polar surface area (TPSA) is 38.0 Å². The lowest BCUT2D eigenvalue weighted by atomic mass is 10.1. The van der Waals surface area contributed by atoms with Gasteiger partial charge in [0.15, 0.2) is 0 Å². The van der Waals surface area contributed by atoms with Crippen LogP contribution in [-0.2, 0) is 6.18 Å². The van der Waals surface area contributed by atoms with Crippen molar-refractivity contribution >= 4 is 22.9 Å². The van der Waals surface area contributed by atoms with Crippen molar-refractivity contribution in [2.45, 2.75) is 25.2 Å². The van der Waals surface area contributed by atoms with Gasteiger partial charge in [0, 0.05) is 24.2 Å². The summed E-state index contributed by atoms with van der Waals surface area (Å²) in [5.41, 5.74) is 4.14. The van der Waals surface area contributed by atoms with Gasteiger partial charge in [-0.1, -0.05) is 12.2 Å². The minimum atomic E-state index is -4.60. The van der Waals surface area contributed by atoms with Gasteiger partial charge in [0.25, 0.3) is 0 Å². The second-order valence-electron chi connectivity index (χ2n) is 4.27. The summed E-state index contributed by atoms with van der Waals surface area (Å²) in [6, 6.07) is 3.00. The van der Waals surface area contributed by atoms with Gasteiger partial charge in [0.2, 0.25) is 0 Å². The highest BCUT2D eigenvalue weighted by atomic mass is 32.1. The highest BCUT2D eigenvalue weighted by Crippen LogP contribution is 2.33. The first-order valence-electron chi connectivity index (χ1n) is 5.82. The van der Waals surface area contributed by atoms with Gasteiger partial charge in [-0.15, -0.1) is 0 Å². The third-order valence-corrected chi connectivity index (χ3v) is 2.78. The van der Waals surface area contributed by atoms with Crippen molar-refractivity contribution in [1.82, 2.24) is 0 Å². The molecule has 0 atom stereocenters. The summed E-state index contributed by atoms with van der Waals surface area (Å²) < 4.78 is 74.0. The van der Waals surface area contributed by atoms with Crippen LogP contribution in [-0.4, -0.2) is 17.7 Å². The third kappa shape index (κ3) is 5.78. The maximum atomic E-state index is 12.7. The van der Waals surface area contributed by atoms with Crippen molar-refractivity contribution < 1.29 is 26.3 Å². The highest BCUT2D eigenvalue weighted by Gasteiger charge is 2.34. The van der Waals surface area contributed by atoms with Crippen molar-refractivity contribution in [2.75, 3.05) is 11.9 Å². The van der Waals surface area contributed by atoms with E-state index in [1.54, 1.807) is 0 Å². The van der Waals surface area contributed by atoms with Gasteiger partial charge >= 0.3 is 12.4 Å². The van der Waals surface area contributed by atoms with E-state index in [0.717, 1.165) is 18.2 Å². The van der Waals surface area contributed by atoms with Gasteiger partial charge in [-0.25, -0.2) is 0 Å². The quantitative estimate of drug-likeness (QED) is 0.485. The van der Waals surface area contributed by atoms with E-state index in [1.807, 2.05) is 0 Å². The molecule has 1 rings (SSSR count). The molecule has 1 aromatic carbocycles. The molecule has 0 aromatic heterocycles. The lowest BCUT2D eigenvalue weighted by Crippen LogP contribution is -2.18. The average molecular weight is 330 g/mol. The molecular weight excluding hydrogens is 318 g/mol. The van der Waals surface area contributed by atoms with Crippen molar-refractivity contribution in [3.05, 3.63) is 29.3 Å². The van der Waals surface area contributed by atoms with E-state index in [4.69, 9.17) is 5.73 Å². The number of nitrogens with one attached hydrogen (secondary N) is 1. The van der Waals surface area contributed by atoms with Crippen LogP contribution in [0.15, 0.2) is 18.2 Å². The van der Waals surface area contributed by atoms with Crippen LogP contribution < -0.4 is 11.1 Å². The number of anilines is 1. The molecular formula is C12H12F6N2S. The predicted molar refractivity (Wildman–Crippen MR) is 71.1 cm³/mol. The SMILES string of the molecule is NC(=S)c1cc(NCCCC(F)(F)F)ccc1C(F)(F)F. The molecule has 3 N–H and O–H groups in total. The largest absolute Gasteiger partial charge is 0.417 e. The minimum Gasteiger partial charge on any atom is -0.389 e. The molecule has 0 radical (unpaired) electrons. The van der Waals surface area contributed by atoms with Crippen LogP contribution in [0, 0.1) is 0 Å². The fourth-order valence-electron chi connectivity index (χ4n) is 1.63. The minimum absolute atomic E-state index is 0.0261. The summed E-state index contributed by atoms with van der Waals surface area (Å²) in [6.45, 7) is -0.0261. The molecule has 0 bridgehead atoms. The average Bonchev–Trinajstić information content (AvgIpc) is 2.32. The summed E-state index contributed by atoms with van der Waals surface area (Å²) in [5, 5.41) is 2.61. The number of thiocarbonyl (C=S) groups is 1. The van der Waals surface area contributed by atoms with Gasteiger partial charge in [-0.2, -0.15) is 26.3 Å². The van der Waals surface area contributed by atoms with Gasteiger partial charge < -0.3 is 11.1 Å². The van der Waals surface area contributed by atoms with Crippen molar-refractivity contribution in [1.29, 1.82) is 0 Å². The number of halogens is 6. The summed E-state index contributed by atoms with van der Waals surface area (Å²) in [5.74, 6) is 0. The molecule has 0 saturated heterocycles. The number of rotatable bonds is 5. The Labute approximate surface area is 122 Å². The molecule has 118 valence electrons. The molecule has 2 nitrogen and oxygen atoms in total. The van der Waals surface area contributed by atoms with E-state index in [1.165, 1.54) is 0 Å². The van der Waals surface area contributed by atoms with E-state index in [0.29, 0.717) is 0 Å². The van der Waals surface area contributed by atoms with E-state index >= 15 is 0 Å². The first kappa shape index (κ1) is 17.5. The number of hydrogen-bond acceptors (Lipinski definition) is 2. The molecule has 0 heterocycles. The van der Waals surface area contributed by atoms with Gasteiger partial charge in [0.05, 0.1) is 5.56 Å². The zero-order chi connectivity index (χ0) is 16.3. The Bertz CT molecular complexity index is 509. The molecule has 0 unspecified atom stereocenters. The summed E-state index contributed by atoms with van der Waals surface area (Å²) in [6.07, 6.45) is -10.0. The van der Waals surface area contributed by atoms with Crippen LogP contribution in [0.2, 0.25) is 0 Å². The Morgan fingerprint density at radius 1 is 1.14 bits per heavy atom. The maximum absolute atomic E-state index is 12.7. The van der Waals surface area contributed by atoms with Crippen LogP contribution in [0.4, 0.5) is 32.0 Å². The Morgan fingerprint density at radius 2 is 1.76 bits per heavy atom. The first-order valence-corrected chi connectivity index (χ1v) is 6.23. The maximum Gasteiger partial charge on any atom is 0.417 e. The van der Waals surface area contributed by atoms with Gasteiger partial charge in [-0.3, -0.25) is 0 Å². The van der Waals surface area contributed by atoms with E-state index in [2.05, 4.69) is 17.5 Å². The fourth-order valence-corrected chi connectivity index (χ4v) is 1.80. The smallest absolute Gasteiger partial charge is 0.389 e. The zero-order valence-electron chi connectivity index (χ0n) is 10.6. The van der Waals surface area contributed by atoms with Gasteiger partial charge in [0.1, 0.15) is 4.99 Å². The summed E-state index contributed by atoms with van der Waals surface area (Å²) >= 11 is 4.56. The van der Waals surface area contributed by atoms with Crippen LogP contribution in [0.3, 0.4) is 0 Å². The Morgan fingerprint density at radius 3 is 2.24 bits per heavy atom. The van der Waals surface area contributed by atoms with E-state index < -0.39 is 29.3 Å². The molecule has 0 fully saturated rings. The standard InChI is InChI=1S/C12H12F6N2S/c13-11(14,15)4-1-5-20-7-2-3-9(12(16,17)18)8(6-7)10(19)21/h2-3,6,20H,1,4-5H2,(H2,19,21). The lowest BCUT2D eigenvalue weighted by Gasteiger charge is -2.14. The van der Waals surface area contributed by atoms with Crippen LogP contribution in [0.1, 0.15) is 24.0 Å². The van der Waals surface area contributed by atoms with Crippen molar-refractivity contribution in [3.63, 3.8) is 0 Å². The zero-order valence-corrected chi connectivity index (χ0v) is 11.4. The molecule has 0 aliphatic rings.